The molecule has 0 N–H and O–H groups in total. The van der Waals surface area contributed by atoms with Crippen LogP contribution in [-0.2, 0) is 0 Å². The van der Waals surface area contributed by atoms with Crippen LogP contribution in [0.4, 0.5) is 0 Å². The molecule has 0 amide bonds. The van der Waals surface area contributed by atoms with Crippen LogP contribution in [0.25, 0.3) is 110 Å². The molecule has 0 aliphatic carbocycles. The Labute approximate surface area is 351 Å². The molecule has 0 bridgehead atoms. The van der Waals surface area contributed by atoms with Crippen molar-refractivity contribution >= 4 is 32.3 Å². The van der Waals surface area contributed by atoms with Gasteiger partial charge in [-0.1, -0.05) is 231 Å². The second-order valence-electron chi connectivity index (χ2n) is 15.6. The van der Waals surface area contributed by atoms with Gasteiger partial charge in [-0.05, 0) is 122 Å². The summed E-state index contributed by atoms with van der Waals surface area (Å²) in [7, 11) is 0. The van der Waals surface area contributed by atoms with E-state index in [2.05, 4.69) is 243 Å². The molecule has 280 valence electrons. The highest BCUT2D eigenvalue weighted by Gasteiger charge is 2.18. The summed E-state index contributed by atoms with van der Waals surface area (Å²) in [5.74, 6) is 0. The van der Waals surface area contributed by atoms with Crippen LogP contribution in [0, 0.1) is 0 Å². The van der Waals surface area contributed by atoms with Crippen molar-refractivity contribution in [2.75, 3.05) is 0 Å². The van der Waals surface area contributed by atoms with Gasteiger partial charge in [-0.2, -0.15) is 0 Å². The minimum atomic E-state index is 1.19. The Bertz CT molecular complexity index is 3250. The Balaban J connectivity index is 1.09. The van der Waals surface area contributed by atoms with E-state index >= 15 is 0 Å². The van der Waals surface area contributed by atoms with E-state index in [1.54, 1.807) is 0 Å². The molecule has 0 unspecified atom stereocenters. The molecule has 0 saturated heterocycles. The fourth-order valence-corrected chi connectivity index (χ4v) is 9.19. The van der Waals surface area contributed by atoms with Crippen LogP contribution in [0.1, 0.15) is 0 Å². The van der Waals surface area contributed by atoms with Gasteiger partial charge in [0.25, 0.3) is 0 Å². The highest BCUT2D eigenvalue weighted by atomic mass is 14.2. The van der Waals surface area contributed by atoms with Gasteiger partial charge in [-0.15, -0.1) is 0 Å². The fraction of sp³-hybridized carbons (Fsp3) is 0. The van der Waals surface area contributed by atoms with E-state index in [1.807, 2.05) is 0 Å². The number of benzene rings is 11. The Morgan fingerprint density at radius 1 is 0.150 bits per heavy atom. The molecule has 0 aliphatic rings. The Morgan fingerprint density at radius 2 is 0.483 bits per heavy atom. The van der Waals surface area contributed by atoms with Crippen LogP contribution in [0.2, 0.25) is 0 Å². The molecule has 0 heteroatoms. The summed E-state index contributed by atoms with van der Waals surface area (Å²) in [6.45, 7) is 0. The highest BCUT2D eigenvalue weighted by Crippen LogP contribution is 2.46. The first-order chi connectivity index (χ1) is 29.8. The van der Waals surface area contributed by atoms with E-state index in [4.69, 9.17) is 0 Å². The topological polar surface area (TPSA) is 0 Å². The summed E-state index contributed by atoms with van der Waals surface area (Å²) in [6, 6.07) is 88.7. The number of hydrogen-bond acceptors (Lipinski definition) is 0. The zero-order chi connectivity index (χ0) is 39.8. The molecule has 0 aliphatic heterocycles. The van der Waals surface area contributed by atoms with Crippen molar-refractivity contribution in [3.63, 3.8) is 0 Å². The van der Waals surface area contributed by atoms with E-state index in [0.29, 0.717) is 0 Å². The molecule has 11 aromatic carbocycles. The monoisotopic (exact) mass is 760 g/mol. The predicted octanol–water partition coefficient (Wildman–Crippen LogP) is 16.8. The van der Waals surface area contributed by atoms with Gasteiger partial charge in [-0.25, -0.2) is 0 Å². The molecule has 60 heavy (non-hydrogen) atoms. The average molecular weight is 761 g/mol. The van der Waals surface area contributed by atoms with Gasteiger partial charge in [-0.3, -0.25) is 0 Å². The summed E-state index contributed by atoms with van der Waals surface area (Å²) in [6.07, 6.45) is 0. The minimum Gasteiger partial charge on any atom is -0.0622 e. The van der Waals surface area contributed by atoms with Gasteiger partial charge in [0.05, 0.1) is 0 Å². The van der Waals surface area contributed by atoms with Crippen molar-refractivity contribution in [3.05, 3.63) is 243 Å². The maximum absolute atomic E-state index is 2.44. The lowest BCUT2D eigenvalue weighted by Gasteiger charge is -2.19. The van der Waals surface area contributed by atoms with Crippen LogP contribution in [0.5, 0.6) is 0 Å². The van der Waals surface area contributed by atoms with Crippen LogP contribution in [0.3, 0.4) is 0 Å². The van der Waals surface area contributed by atoms with E-state index in [1.165, 1.54) is 110 Å². The van der Waals surface area contributed by atoms with Crippen LogP contribution >= 0.6 is 0 Å². The standard InChI is InChI=1S/C60H40/c1-4-15-41(16-5-1)43-27-31-45(32-28-43)51-37-38-52(46-33-29-44(30-34-46)49-22-14-21-48(39-49)42-17-6-2-7-18-42)58-40-50(35-36-53(51)58)60-56-25-12-10-23-54(56)59(47-19-8-3-9-20-47)55-24-11-13-26-57(55)60/h1-40H. The molecule has 0 radical (unpaired) electrons. The lowest BCUT2D eigenvalue weighted by Crippen LogP contribution is -1.92. The zero-order valence-electron chi connectivity index (χ0n) is 33.1. The van der Waals surface area contributed by atoms with Gasteiger partial charge in [0.2, 0.25) is 0 Å². The molecule has 11 rings (SSSR count). The molecular weight excluding hydrogens is 721 g/mol. The molecule has 0 spiro atoms. The normalized spacial score (nSPS) is 11.3. The molecule has 0 fully saturated rings. The summed E-state index contributed by atoms with van der Waals surface area (Å²) >= 11 is 0. The highest BCUT2D eigenvalue weighted by molar-refractivity contribution is 6.22. The third-order valence-electron chi connectivity index (χ3n) is 12.1. The molecule has 0 saturated carbocycles. The first-order valence-corrected chi connectivity index (χ1v) is 20.7. The average Bonchev–Trinajstić information content (AvgIpc) is 3.33. The van der Waals surface area contributed by atoms with Crippen molar-refractivity contribution in [1.29, 1.82) is 0 Å². The van der Waals surface area contributed by atoms with Crippen molar-refractivity contribution in [1.82, 2.24) is 0 Å². The van der Waals surface area contributed by atoms with Gasteiger partial charge in [0.1, 0.15) is 0 Å². The first-order valence-electron chi connectivity index (χ1n) is 20.7. The molecule has 0 atom stereocenters. The predicted molar refractivity (Wildman–Crippen MR) is 257 cm³/mol. The second-order valence-corrected chi connectivity index (χ2v) is 15.6. The van der Waals surface area contributed by atoms with E-state index < -0.39 is 0 Å². The summed E-state index contributed by atoms with van der Waals surface area (Å²) in [5.41, 5.74) is 17.1. The van der Waals surface area contributed by atoms with Crippen molar-refractivity contribution in [2.45, 2.75) is 0 Å². The summed E-state index contributed by atoms with van der Waals surface area (Å²) in [4.78, 5) is 0. The van der Waals surface area contributed by atoms with E-state index in [-0.39, 0.29) is 0 Å². The lowest BCUT2D eigenvalue weighted by atomic mass is 9.84. The fourth-order valence-electron chi connectivity index (χ4n) is 9.19. The Morgan fingerprint density at radius 3 is 0.983 bits per heavy atom. The number of rotatable bonds is 7. The molecule has 0 heterocycles. The molecule has 0 aromatic heterocycles. The third kappa shape index (κ3) is 6.36. The Hall–Kier alpha value is -7.80. The van der Waals surface area contributed by atoms with E-state index in [9.17, 15) is 0 Å². The maximum Gasteiger partial charge on any atom is -0.00261 e. The van der Waals surface area contributed by atoms with Gasteiger partial charge < -0.3 is 0 Å². The number of hydrogen-bond donors (Lipinski definition) is 0. The van der Waals surface area contributed by atoms with Gasteiger partial charge in [0, 0.05) is 0 Å². The van der Waals surface area contributed by atoms with Crippen molar-refractivity contribution in [3.8, 4) is 77.9 Å². The summed E-state index contributed by atoms with van der Waals surface area (Å²) in [5, 5.41) is 7.50. The third-order valence-corrected chi connectivity index (χ3v) is 12.1. The largest absolute Gasteiger partial charge is 0.0622 e. The van der Waals surface area contributed by atoms with Crippen LogP contribution in [0.15, 0.2) is 243 Å². The first kappa shape index (κ1) is 35.4. The maximum atomic E-state index is 2.44. The van der Waals surface area contributed by atoms with Gasteiger partial charge >= 0.3 is 0 Å². The molecular formula is C60H40. The van der Waals surface area contributed by atoms with Crippen molar-refractivity contribution < 1.29 is 0 Å². The smallest absolute Gasteiger partial charge is 0.00261 e. The molecule has 11 aromatic rings. The van der Waals surface area contributed by atoms with Crippen molar-refractivity contribution in [2.24, 2.45) is 0 Å². The minimum absolute atomic E-state index is 1.19. The van der Waals surface area contributed by atoms with E-state index in [0.717, 1.165) is 0 Å². The summed E-state index contributed by atoms with van der Waals surface area (Å²) < 4.78 is 0. The Kier molecular flexibility index (Phi) is 8.95. The van der Waals surface area contributed by atoms with Crippen LogP contribution < -0.4 is 0 Å². The lowest BCUT2D eigenvalue weighted by molar-refractivity contribution is 1.58. The molecule has 0 nitrogen and oxygen atoms in total. The zero-order valence-corrected chi connectivity index (χ0v) is 33.1. The van der Waals surface area contributed by atoms with Crippen LogP contribution in [-0.4, -0.2) is 0 Å². The van der Waals surface area contributed by atoms with Gasteiger partial charge in [0.15, 0.2) is 0 Å². The SMILES string of the molecule is c1ccc(-c2ccc(-c3ccc(-c4ccc(-c5cccc(-c6ccccc6)c5)cc4)c4cc(-c5c6ccccc6c(-c6ccccc6)c6ccccc56)ccc34)cc2)cc1. The quantitative estimate of drug-likeness (QED) is 0.142. The number of fused-ring (bicyclic) bond motifs is 3. The second kappa shape index (κ2) is 15.2.